The van der Waals surface area contributed by atoms with Crippen molar-refractivity contribution < 1.29 is 61.9 Å². The molecular weight excluding hydrogens is 1090 g/mol. The van der Waals surface area contributed by atoms with Crippen LogP contribution < -0.4 is 23.8 Å². The fraction of sp³-hybridized carbons (Fsp3) is 0.472. The SMILES string of the molecule is CCC1(COCCCCCCOc2ccc(COOc3ccc4c(c3)C(C)c3cc(OC(=O)c5ccc(OCCCCCCOCC6(CC)COC6)cc5)ccc3-4)cc2)COC1.N#Cc1ccc(-c2ccc(OCCCCOCC3CO3)cc2)cc1. The van der Waals surface area contributed by atoms with Crippen molar-refractivity contribution in [2.75, 3.05) is 92.5 Å². The number of ether oxygens (including phenoxy) is 10. The van der Waals surface area contributed by atoms with Crippen LogP contribution in [0.15, 0.2) is 133 Å². The molecule has 0 amide bonds. The van der Waals surface area contributed by atoms with Gasteiger partial charge in [-0.2, -0.15) is 10.1 Å². The summed E-state index contributed by atoms with van der Waals surface area (Å²) in [5, 5.41) is 8.83. The van der Waals surface area contributed by atoms with Gasteiger partial charge in [0.15, 0.2) is 5.75 Å². The molecule has 0 saturated carbocycles. The van der Waals surface area contributed by atoms with Gasteiger partial charge in [-0.1, -0.05) is 82.1 Å². The molecular formula is C72H87NO13. The first-order valence-corrected chi connectivity index (χ1v) is 31.2. The number of unbranched alkanes of at least 4 members (excludes halogenated alkanes) is 7. The minimum atomic E-state index is -0.407. The second kappa shape index (κ2) is 33.4. The summed E-state index contributed by atoms with van der Waals surface area (Å²) >= 11 is 0. The molecule has 458 valence electrons. The lowest BCUT2D eigenvalue weighted by atomic mass is 9.84. The number of carbonyl (C=O) groups excluding carboxylic acids is 1. The van der Waals surface area contributed by atoms with Crippen LogP contribution in [0.25, 0.3) is 22.3 Å². The van der Waals surface area contributed by atoms with E-state index in [9.17, 15) is 4.79 Å². The van der Waals surface area contributed by atoms with E-state index in [0.29, 0.717) is 55.2 Å². The van der Waals surface area contributed by atoms with Crippen LogP contribution in [0.5, 0.6) is 28.7 Å². The van der Waals surface area contributed by atoms with Crippen molar-refractivity contribution in [2.45, 2.75) is 116 Å². The summed E-state index contributed by atoms with van der Waals surface area (Å²) in [6.45, 7) is 17.8. The van der Waals surface area contributed by atoms with Crippen LogP contribution in [-0.4, -0.2) is 105 Å². The summed E-state index contributed by atoms with van der Waals surface area (Å²) in [6.07, 6.45) is 13.2. The normalized spacial score (nSPS) is 16.4. The van der Waals surface area contributed by atoms with Crippen LogP contribution in [0.4, 0.5) is 0 Å². The summed E-state index contributed by atoms with van der Waals surface area (Å²) in [6, 6.07) is 44.7. The predicted molar refractivity (Wildman–Crippen MR) is 331 cm³/mol. The quantitative estimate of drug-likeness (QED) is 0.00907. The van der Waals surface area contributed by atoms with Crippen molar-refractivity contribution in [2.24, 2.45) is 10.8 Å². The molecule has 14 nitrogen and oxygen atoms in total. The molecule has 0 bridgehead atoms. The maximum absolute atomic E-state index is 13.1. The highest BCUT2D eigenvalue weighted by molar-refractivity contribution is 5.91. The minimum absolute atomic E-state index is 0.0836. The van der Waals surface area contributed by atoms with Crippen molar-refractivity contribution in [3.05, 3.63) is 161 Å². The molecule has 2 atom stereocenters. The smallest absolute Gasteiger partial charge is 0.343 e. The Kier molecular flexibility index (Phi) is 24.7. The molecule has 0 N–H and O–H groups in total. The predicted octanol–water partition coefficient (Wildman–Crippen LogP) is 15.1. The zero-order chi connectivity index (χ0) is 59.7. The van der Waals surface area contributed by atoms with Gasteiger partial charge in [0.25, 0.3) is 0 Å². The van der Waals surface area contributed by atoms with Gasteiger partial charge in [-0.15, -0.1) is 0 Å². The zero-order valence-corrected chi connectivity index (χ0v) is 50.7. The van der Waals surface area contributed by atoms with Crippen LogP contribution in [0.1, 0.15) is 136 Å². The third kappa shape index (κ3) is 19.4. The number of nitrogens with zero attached hydrogens (tertiary/aromatic N) is 1. The van der Waals surface area contributed by atoms with Crippen molar-refractivity contribution >= 4 is 5.97 Å². The van der Waals surface area contributed by atoms with E-state index >= 15 is 0 Å². The molecule has 6 aromatic carbocycles. The Morgan fingerprint density at radius 3 is 1.48 bits per heavy atom. The second-order valence-corrected chi connectivity index (χ2v) is 23.2. The fourth-order valence-electron chi connectivity index (χ4n) is 10.5. The molecule has 2 unspecified atom stereocenters. The highest BCUT2D eigenvalue weighted by atomic mass is 17.2. The summed E-state index contributed by atoms with van der Waals surface area (Å²) in [5.74, 6) is 3.29. The number of carbonyl (C=O) groups is 1. The number of benzene rings is 6. The highest BCUT2D eigenvalue weighted by Crippen LogP contribution is 2.47. The first-order valence-electron chi connectivity index (χ1n) is 31.2. The average molecular weight is 1170 g/mol. The molecule has 3 fully saturated rings. The molecule has 0 radical (unpaired) electrons. The molecule has 86 heavy (non-hydrogen) atoms. The average Bonchev–Trinajstić information content (AvgIpc) is 4.24. The number of rotatable bonds is 37. The lowest BCUT2D eigenvalue weighted by molar-refractivity contribution is -0.217. The Morgan fingerprint density at radius 1 is 0.535 bits per heavy atom. The van der Waals surface area contributed by atoms with Crippen molar-refractivity contribution in [3.8, 4) is 57.1 Å². The molecule has 0 aromatic heterocycles. The van der Waals surface area contributed by atoms with E-state index in [0.717, 1.165) is 206 Å². The summed E-state index contributed by atoms with van der Waals surface area (Å²) in [7, 11) is 0. The summed E-state index contributed by atoms with van der Waals surface area (Å²) in [5.41, 5.74) is 9.34. The Morgan fingerprint density at radius 2 is 0.977 bits per heavy atom. The van der Waals surface area contributed by atoms with Crippen LogP contribution in [0, 0.1) is 22.2 Å². The third-order valence-corrected chi connectivity index (χ3v) is 16.6. The van der Waals surface area contributed by atoms with E-state index in [2.05, 4.69) is 32.9 Å². The highest BCUT2D eigenvalue weighted by Gasteiger charge is 2.38. The van der Waals surface area contributed by atoms with Crippen molar-refractivity contribution in [1.29, 1.82) is 5.26 Å². The van der Waals surface area contributed by atoms with Gasteiger partial charge in [-0.05, 0) is 188 Å². The van der Waals surface area contributed by atoms with Crippen molar-refractivity contribution in [3.63, 3.8) is 0 Å². The van der Waals surface area contributed by atoms with E-state index in [1.165, 1.54) is 0 Å². The van der Waals surface area contributed by atoms with Gasteiger partial charge in [0.1, 0.15) is 35.7 Å². The van der Waals surface area contributed by atoms with E-state index in [1.54, 1.807) is 12.1 Å². The topological polar surface area (TPSA) is 155 Å². The Balaban J connectivity index is 0.000000306. The van der Waals surface area contributed by atoms with Gasteiger partial charge in [0.05, 0.1) is 89.9 Å². The molecule has 1 aliphatic carbocycles. The van der Waals surface area contributed by atoms with Crippen LogP contribution in [0.3, 0.4) is 0 Å². The molecule has 14 heteroatoms. The van der Waals surface area contributed by atoms with Crippen LogP contribution in [0.2, 0.25) is 0 Å². The number of fused-ring (bicyclic) bond motifs is 3. The first kappa shape index (κ1) is 63.7. The Labute approximate surface area is 509 Å². The standard InChI is InChI=1S/C52H66O10.C20H21NO3/c1-4-51(35-56-36-51)33-54-26-10-6-8-12-28-58-42-18-14-40(15-19-42)32-60-62-45-23-25-47-46-24-22-44(30-48(46)39(3)49(47)31-45)61-50(53)41-16-20-43(21-17-41)59-29-13-9-7-11-27-55-34-52(5-2)37-57-38-52;21-13-16-3-5-17(6-4-16)18-7-9-19(10-8-18)23-12-2-1-11-22-14-20-15-24-20/h14-25,30-31,39H,4-13,26-29,32-38H2,1-3H3;3-10,20H,1-2,11-12,14-15H2. The second-order valence-electron chi connectivity index (χ2n) is 23.2. The largest absolute Gasteiger partial charge is 0.494 e. The zero-order valence-electron chi connectivity index (χ0n) is 50.7. The molecule has 3 saturated heterocycles. The maximum atomic E-state index is 13.1. The van der Waals surface area contributed by atoms with Gasteiger partial charge in [-0.25, -0.2) is 4.79 Å². The lowest BCUT2D eigenvalue weighted by Crippen LogP contribution is -2.45. The number of hydrogen-bond acceptors (Lipinski definition) is 14. The molecule has 0 spiro atoms. The van der Waals surface area contributed by atoms with E-state index in [4.69, 9.17) is 62.4 Å². The van der Waals surface area contributed by atoms with E-state index < -0.39 is 5.97 Å². The van der Waals surface area contributed by atoms with E-state index in [1.807, 2.05) is 115 Å². The maximum Gasteiger partial charge on any atom is 0.343 e. The number of epoxide rings is 1. The van der Waals surface area contributed by atoms with Crippen LogP contribution in [-0.2, 0) is 39.9 Å². The number of hydrogen-bond donors (Lipinski definition) is 0. The van der Waals surface area contributed by atoms with Crippen molar-refractivity contribution in [1.82, 2.24) is 0 Å². The van der Waals surface area contributed by atoms with E-state index in [-0.39, 0.29) is 16.7 Å². The van der Waals surface area contributed by atoms with Gasteiger partial charge < -0.3 is 52.3 Å². The van der Waals surface area contributed by atoms with Gasteiger partial charge >= 0.3 is 5.97 Å². The van der Waals surface area contributed by atoms with Gasteiger partial charge in [-0.3, -0.25) is 0 Å². The Bertz CT molecular complexity index is 3010. The fourth-order valence-corrected chi connectivity index (χ4v) is 10.5. The monoisotopic (exact) mass is 1170 g/mol. The lowest BCUT2D eigenvalue weighted by Gasteiger charge is -2.40. The molecule has 6 aromatic rings. The molecule has 10 rings (SSSR count). The number of esters is 1. The minimum Gasteiger partial charge on any atom is -0.494 e. The first-order chi connectivity index (χ1) is 42.2. The summed E-state index contributed by atoms with van der Waals surface area (Å²) in [4.78, 5) is 24.5. The Hall–Kier alpha value is -6.80. The molecule has 4 aliphatic rings. The third-order valence-electron chi connectivity index (χ3n) is 16.6. The van der Waals surface area contributed by atoms with Gasteiger partial charge in [0.2, 0.25) is 0 Å². The van der Waals surface area contributed by atoms with Crippen LogP contribution >= 0.6 is 0 Å². The number of nitriles is 1. The summed E-state index contributed by atoms with van der Waals surface area (Å²) < 4.78 is 56.6. The van der Waals surface area contributed by atoms with Gasteiger partial charge in [0, 0.05) is 36.6 Å². The molecule has 3 aliphatic heterocycles. The molecule has 3 heterocycles.